The Morgan fingerprint density at radius 1 is 0.848 bits per heavy atom. The van der Waals surface area contributed by atoms with Crippen molar-refractivity contribution in [1.29, 1.82) is 0 Å². The van der Waals surface area contributed by atoms with Crippen molar-refractivity contribution in [1.82, 2.24) is 19.7 Å². The highest BCUT2D eigenvalue weighted by molar-refractivity contribution is 6.30. The van der Waals surface area contributed by atoms with E-state index in [1.807, 2.05) is 82.4 Å². The summed E-state index contributed by atoms with van der Waals surface area (Å²) in [5, 5.41) is 5.42. The van der Waals surface area contributed by atoms with Crippen molar-refractivity contribution < 1.29 is 4.79 Å². The molecule has 1 fully saturated rings. The number of amides is 1. The zero-order valence-corrected chi connectivity index (χ0v) is 18.9. The van der Waals surface area contributed by atoms with E-state index in [1.54, 1.807) is 6.20 Å². The van der Waals surface area contributed by atoms with E-state index < -0.39 is 0 Å². The Kier molecular flexibility index (Phi) is 6.09. The van der Waals surface area contributed by atoms with E-state index >= 15 is 0 Å². The average Bonchev–Trinajstić information content (AvgIpc) is 3.29. The number of aromatic nitrogens is 3. The molecule has 7 heteroatoms. The van der Waals surface area contributed by atoms with Gasteiger partial charge in [-0.1, -0.05) is 72.3 Å². The maximum absolute atomic E-state index is 13.2. The van der Waals surface area contributed by atoms with Gasteiger partial charge in [0.2, 0.25) is 5.91 Å². The van der Waals surface area contributed by atoms with Crippen LogP contribution in [0.2, 0.25) is 5.02 Å². The topological polar surface area (TPSA) is 54.3 Å². The average molecular weight is 458 g/mol. The fourth-order valence-electron chi connectivity index (χ4n) is 4.10. The van der Waals surface area contributed by atoms with Crippen molar-refractivity contribution in [2.45, 2.75) is 6.54 Å². The first-order chi connectivity index (χ1) is 16.2. The number of anilines is 1. The third kappa shape index (κ3) is 4.76. The zero-order valence-electron chi connectivity index (χ0n) is 18.1. The van der Waals surface area contributed by atoms with Crippen LogP contribution >= 0.6 is 11.6 Å². The fraction of sp³-hybridized carbons (Fsp3) is 0.192. The van der Waals surface area contributed by atoms with Crippen molar-refractivity contribution >= 4 is 23.3 Å². The molecule has 0 aliphatic carbocycles. The SMILES string of the molecule is O=C(Cn1nc(-c2ccccc2)cc1-c1ccccc1)N1CCN(c2ccc(Cl)cn2)CC1. The number of benzene rings is 2. The predicted octanol–water partition coefficient (Wildman–Crippen LogP) is 4.61. The van der Waals surface area contributed by atoms with Crippen LogP contribution in [0.5, 0.6) is 0 Å². The van der Waals surface area contributed by atoms with Crippen LogP contribution in [0.15, 0.2) is 85.1 Å². The first-order valence-corrected chi connectivity index (χ1v) is 11.4. The maximum atomic E-state index is 13.2. The second kappa shape index (κ2) is 9.46. The lowest BCUT2D eigenvalue weighted by molar-refractivity contribution is -0.132. The lowest BCUT2D eigenvalue weighted by Gasteiger charge is -2.35. The Labute approximate surface area is 198 Å². The van der Waals surface area contributed by atoms with E-state index in [0.717, 1.165) is 41.4 Å². The van der Waals surface area contributed by atoms with Crippen LogP contribution in [-0.2, 0) is 11.3 Å². The van der Waals surface area contributed by atoms with Crippen molar-refractivity contribution in [2.75, 3.05) is 31.1 Å². The number of carbonyl (C=O) groups excluding carboxylic acids is 1. The molecular weight excluding hydrogens is 434 g/mol. The van der Waals surface area contributed by atoms with E-state index in [9.17, 15) is 4.79 Å². The van der Waals surface area contributed by atoms with Crippen LogP contribution < -0.4 is 4.90 Å². The molecule has 0 atom stereocenters. The minimum atomic E-state index is 0.0682. The van der Waals surface area contributed by atoms with Gasteiger partial charge in [0.05, 0.1) is 16.4 Å². The van der Waals surface area contributed by atoms with E-state index in [2.05, 4.69) is 16.0 Å². The molecule has 0 saturated carbocycles. The molecule has 0 radical (unpaired) electrons. The van der Waals surface area contributed by atoms with Gasteiger partial charge < -0.3 is 9.80 Å². The van der Waals surface area contributed by atoms with Gasteiger partial charge in [0.25, 0.3) is 0 Å². The van der Waals surface area contributed by atoms with E-state index in [4.69, 9.17) is 16.7 Å². The van der Waals surface area contributed by atoms with Gasteiger partial charge in [0.15, 0.2) is 0 Å². The van der Waals surface area contributed by atoms with Crippen LogP contribution in [-0.4, -0.2) is 51.8 Å². The number of pyridine rings is 1. The minimum absolute atomic E-state index is 0.0682. The van der Waals surface area contributed by atoms with Crippen molar-refractivity contribution in [3.05, 3.63) is 90.1 Å². The molecule has 1 amide bonds. The summed E-state index contributed by atoms with van der Waals surface area (Å²) in [4.78, 5) is 21.7. The lowest BCUT2D eigenvalue weighted by Crippen LogP contribution is -2.49. The molecule has 3 heterocycles. The van der Waals surface area contributed by atoms with Gasteiger partial charge in [-0.25, -0.2) is 4.98 Å². The van der Waals surface area contributed by atoms with Gasteiger partial charge in [0.1, 0.15) is 12.4 Å². The van der Waals surface area contributed by atoms with Gasteiger partial charge in [0, 0.05) is 37.9 Å². The second-order valence-electron chi connectivity index (χ2n) is 8.01. The van der Waals surface area contributed by atoms with Crippen LogP contribution in [0.3, 0.4) is 0 Å². The van der Waals surface area contributed by atoms with Crippen molar-refractivity contribution in [3.8, 4) is 22.5 Å². The first-order valence-electron chi connectivity index (χ1n) is 11.0. The van der Waals surface area contributed by atoms with Gasteiger partial charge in [-0.15, -0.1) is 0 Å². The monoisotopic (exact) mass is 457 g/mol. The largest absolute Gasteiger partial charge is 0.353 e. The number of hydrogen-bond acceptors (Lipinski definition) is 4. The van der Waals surface area contributed by atoms with Gasteiger partial charge in [-0.05, 0) is 23.8 Å². The molecule has 166 valence electrons. The summed E-state index contributed by atoms with van der Waals surface area (Å²) in [5.41, 5.74) is 3.87. The second-order valence-corrected chi connectivity index (χ2v) is 8.44. The molecule has 2 aromatic carbocycles. The molecule has 1 saturated heterocycles. The maximum Gasteiger partial charge on any atom is 0.244 e. The highest BCUT2D eigenvalue weighted by atomic mass is 35.5. The normalized spacial score (nSPS) is 13.8. The minimum Gasteiger partial charge on any atom is -0.353 e. The summed E-state index contributed by atoms with van der Waals surface area (Å²) in [5.74, 6) is 0.955. The predicted molar refractivity (Wildman–Crippen MR) is 131 cm³/mol. The highest BCUT2D eigenvalue weighted by Gasteiger charge is 2.23. The molecule has 0 N–H and O–H groups in total. The molecule has 2 aromatic heterocycles. The van der Waals surface area contributed by atoms with Crippen molar-refractivity contribution in [2.24, 2.45) is 0 Å². The first kappa shape index (κ1) is 21.2. The number of hydrogen-bond donors (Lipinski definition) is 0. The van der Waals surface area contributed by atoms with Crippen LogP contribution in [0, 0.1) is 0 Å². The number of nitrogens with zero attached hydrogens (tertiary/aromatic N) is 5. The molecule has 5 rings (SSSR count). The number of carbonyl (C=O) groups is 1. The molecule has 0 spiro atoms. The molecular formula is C26H24ClN5O. The molecule has 0 bridgehead atoms. The van der Waals surface area contributed by atoms with Crippen molar-refractivity contribution in [3.63, 3.8) is 0 Å². The quantitative estimate of drug-likeness (QED) is 0.439. The van der Waals surface area contributed by atoms with Crippen LogP contribution in [0.1, 0.15) is 0 Å². The summed E-state index contributed by atoms with van der Waals surface area (Å²) in [6, 6.07) is 26.0. The molecule has 6 nitrogen and oxygen atoms in total. The summed E-state index contributed by atoms with van der Waals surface area (Å²) < 4.78 is 1.83. The van der Waals surface area contributed by atoms with Crippen LogP contribution in [0.4, 0.5) is 5.82 Å². The Balaban J connectivity index is 1.33. The van der Waals surface area contributed by atoms with Gasteiger partial charge >= 0.3 is 0 Å². The molecule has 33 heavy (non-hydrogen) atoms. The third-order valence-electron chi connectivity index (χ3n) is 5.87. The fourth-order valence-corrected chi connectivity index (χ4v) is 4.21. The summed E-state index contributed by atoms with van der Waals surface area (Å²) in [6.45, 7) is 2.98. The van der Waals surface area contributed by atoms with Crippen LogP contribution in [0.25, 0.3) is 22.5 Å². The lowest BCUT2D eigenvalue weighted by atomic mass is 10.1. The smallest absolute Gasteiger partial charge is 0.244 e. The standard InChI is InChI=1S/C26H24ClN5O/c27-22-11-12-25(28-18-22)30-13-15-31(16-14-30)26(33)19-32-24(21-9-5-2-6-10-21)17-23(29-32)20-7-3-1-4-8-20/h1-12,17-18H,13-16,19H2. The molecule has 1 aliphatic rings. The number of rotatable bonds is 5. The van der Waals surface area contributed by atoms with E-state index in [1.165, 1.54) is 0 Å². The molecule has 1 aliphatic heterocycles. The van der Waals surface area contributed by atoms with Gasteiger partial charge in [-0.3, -0.25) is 9.48 Å². The zero-order chi connectivity index (χ0) is 22.6. The Bertz CT molecular complexity index is 1220. The Hall–Kier alpha value is -3.64. The Morgan fingerprint density at radius 2 is 1.52 bits per heavy atom. The third-order valence-corrected chi connectivity index (χ3v) is 6.10. The van der Waals surface area contributed by atoms with E-state index in [0.29, 0.717) is 18.1 Å². The number of halogens is 1. The highest BCUT2D eigenvalue weighted by Crippen LogP contribution is 2.26. The Morgan fingerprint density at radius 3 is 2.15 bits per heavy atom. The van der Waals surface area contributed by atoms with Gasteiger partial charge in [-0.2, -0.15) is 5.10 Å². The summed E-state index contributed by atoms with van der Waals surface area (Å²) in [6.07, 6.45) is 1.65. The van der Waals surface area contributed by atoms with E-state index in [-0.39, 0.29) is 12.5 Å². The summed E-state index contributed by atoms with van der Waals surface area (Å²) in [7, 11) is 0. The summed E-state index contributed by atoms with van der Waals surface area (Å²) >= 11 is 5.95. The molecule has 4 aromatic rings. The molecule has 0 unspecified atom stereocenters. The number of piperazine rings is 1.